The third-order valence-corrected chi connectivity index (χ3v) is 4.82. The van der Waals surface area contributed by atoms with Crippen LogP contribution in [0.5, 0.6) is 6.01 Å². The zero-order valence-corrected chi connectivity index (χ0v) is 18.8. The van der Waals surface area contributed by atoms with Crippen molar-refractivity contribution in [3.05, 3.63) is 84.2 Å². The summed E-state index contributed by atoms with van der Waals surface area (Å²) in [6, 6.07) is 14.7. The molecule has 4 rings (SSSR count). The van der Waals surface area contributed by atoms with Crippen molar-refractivity contribution in [2.45, 2.75) is 18.9 Å². The van der Waals surface area contributed by atoms with Crippen molar-refractivity contribution in [2.24, 2.45) is 0 Å². The van der Waals surface area contributed by atoms with Crippen molar-refractivity contribution in [2.75, 3.05) is 17.2 Å². The van der Waals surface area contributed by atoms with E-state index < -0.39 is 30.5 Å². The quantitative estimate of drug-likeness (QED) is 0.266. The minimum atomic E-state index is -4.65. The summed E-state index contributed by atoms with van der Waals surface area (Å²) < 4.78 is 81.7. The molecule has 0 spiro atoms. The molecule has 2 heterocycles. The molecule has 0 saturated heterocycles. The van der Waals surface area contributed by atoms with Crippen LogP contribution >= 0.6 is 0 Å². The molecule has 2 aromatic heterocycles. The molecule has 13 heteroatoms. The summed E-state index contributed by atoms with van der Waals surface area (Å²) in [7, 11) is 0. The van der Waals surface area contributed by atoms with Crippen LogP contribution in [0.4, 0.5) is 43.9 Å². The average Bonchev–Trinajstić information content (AvgIpc) is 2.86. The van der Waals surface area contributed by atoms with E-state index in [-0.39, 0.29) is 24.1 Å². The van der Waals surface area contributed by atoms with E-state index in [0.717, 1.165) is 28.8 Å². The smallest absolute Gasteiger partial charge is 0.422 e. The monoisotopic (exact) mass is 520 g/mol. The Hall–Kier alpha value is -4.42. The first kappa shape index (κ1) is 25.7. The summed E-state index contributed by atoms with van der Waals surface area (Å²) in [4.78, 5) is 15.6. The molecule has 0 atom stereocenters. The number of anilines is 3. The lowest BCUT2D eigenvalue weighted by Gasteiger charge is -2.13. The van der Waals surface area contributed by atoms with E-state index in [9.17, 15) is 26.3 Å². The van der Waals surface area contributed by atoms with Gasteiger partial charge < -0.3 is 15.4 Å². The van der Waals surface area contributed by atoms with E-state index in [1.807, 2.05) is 36.4 Å². The Balaban J connectivity index is 1.56. The number of benzene rings is 2. The van der Waals surface area contributed by atoms with E-state index in [1.165, 1.54) is 12.1 Å². The van der Waals surface area contributed by atoms with Crippen LogP contribution in [0.25, 0.3) is 11.1 Å². The second kappa shape index (κ2) is 10.7. The maximum absolute atomic E-state index is 13.0. The number of nitrogens with zero attached hydrogens (tertiary/aromatic N) is 4. The molecule has 4 aromatic rings. The Bertz CT molecular complexity index is 1350. The minimum absolute atomic E-state index is 0.0289. The highest BCUT2D eigenvalue weighted by molar-refractivity contribution is 5.63. The van der Waals surface area contributed by atoms with Gasteiger partial charge in [-0.2, -0.15) is 41.3 Å². The van der Waals surface area contributed by atoms with Crippen molar-refractivity contribution in [1.82, 2.24) is 19.9 Å². The number of halogens is 6. The van der Waals surface area contributed by atoms with Crippen molar-refractivity contribution < 1.29 is 31.1 Å². The van der Waals surface area contributed by atoms with Crippen molar-refractivity contribution in [3.8, 4) is 17.1 Å². The number of hydrogen-bond donors (Lipinski definition) is 2. The average molecular weight is 520 g/mol. The fourth-order valence-electron chi connectivity index (χ4n) is 3.19. The topological polar surface area (TPSA) is 84.8 Å². The zero-order valence-electron chi connectivity index (χ0n) is 18.8. The largest absolute Gasteiger partial charge is 0.454 e. The van der Waals surface area contributed by atoms with Gasteiger partial charge in [-0.3, -0.25) is 4.98 Å². The van der Waals surface area contributed by atoms with Gasteiger partial charge in [0.1, 0.15) is 0 Å². The first-order chi connectivity index (χ1) is 17.5. The van der Waals surface area contributed by atoms with Crippen LogP contribution in [0.2, 0.25) is 0 Å². The summed E-state index contributed by atoms with van der Waals surface area (Å²) in [5.74, 6) is -0.449. The van der Waals surface area contributed by atoms with Gasteiger partial charge in [0, 0.05) is 24.6 Å². The number of ether oxygens (including phenoxy) is 1. The highest BCUT2D eigenvalue weighted by atomic mass is 19.4. The maximum atomic E-state index is 13.0. The molecule has 0 saturated carbocycles. The fourth-order valence-corrected chi connectivity index (χ4v) is 3.19. The van der Waals surface area contributed by atoms with Gasteiger partial charge in [-0.15, -0.1) is 0 Å². The van der Waals surface area contributed by atoms with Crippen LogP contribution < -0.4 is 15.4 Å². The van der Waals surface area contributed by atoms with Crippen LogP contribution in [-0.2, 0) is 12.7 Å². The summed E-state index contributed by atoms with van der Waals surface area (Å²) in [6.07, 6.45) is -5.92. The first-order valence-electron chi connectivity index (χ1n) is 10.7. The second-order valence-electron chi connectivity index (χ2n) is 7.66. The van der Waals surface area contributed by atoms with Crippen molar-refractivity contribution in [3.63, 3.8) is 0 Å². The lowest BCUT2D eigenvalue weighted by Crippen LogP contribution is -2.21. The van der Waals surface area contributed by atoms with Gasteiger partial charge in [-0.1, -0.05) is 24.3 Å². The number of aromatic nitrogens is 4. The van der Waals surface area contributed by atoms with Crippen LogP contribution in [-0.4, -0.2) is 32.7 Å². The Labute approximate surface area is 206 Å². The molecule has 2 N–H and O–H groups in total. The number of pyridine rings is 1. The molecule has 0 aliphatic carbocycles. The van der Waals surface area contributed by atoms with Gasteiger partial charge in [0.05, 0.1) is 5.56 Å². The zero-order chi connectivity index (χ0) is 26.5. The molecule has 0 bridgehead atoms. The molecule has 0 unspecified atom stereocenters. The third kappa shape index (κ3) is 7.53. The SMILES string of the molecule is FC(F)(F)COc1nc(NCc2cccc(-c3ccncc3)c2)nc(Nc2cccc(C(F)(F)F)c2)n1. The van der Waals surface area contributed by atoms with Crippen LogP contribution in [0.1, 0.15) is 11.1 Å². The van der Waals surface area contributed by atoms with Crippen molar-refractivity contribution >= 4 is 17.6 Å². The van der Waals surface area contributed by atoms with Gasteiger partial charge in [0.2, 0.25) is 11.9 Å². The molecule has 0 fully saturated rings. The minimum Gasteiger partial charge on any atom is -0.454 e. The molecule has 7 nitrogen and oxygen atoms in total. The summed E-state index contributed by atoms with van der Waals surface area (Å²) in [5.41, 5.74) is 1.71. The van der Waals surface area contributed by atoms with E-state index >= 15 is 0 Å². The Morgan fingerprint density at radius 3 is 2.22 bits per heavy atom. The summed E-state index contributed by atoms with van der Waals surface area (Å²) in [6.45, 7) is -1.47. The van der Waals surface area contributed by atoms with E-state index in [0.29, 0.717) is 0 Å². The number of hydrogen-bond acceptors (Lipinski definition) is 7. The molecule has 2 aromatic carbocycles. The van der Waals surface area contributed by atoms with Gasteiger partial charge in [-0.25, -0.2) is 0 Å². The number of rotatable bonds is 8. The van der Waals surface area contributed by atoms with Crippen LogP contribution in [0.3, 0.4) is 0 Å². The fraction of sp³-hybridized carbons (Fsp3) is 0.167. The molecule has 0 amide bonds. The second-order valence-corrected chi connectivity index (χ2v) is 7.66. The van der Waals surface area contributed by atoms with Gasteiger partial charge in [-0.05, 0) is 53.1 Å². The van der Waals surface area contributed by atoms with Gasteiger partial charge in [0.25, 0.3) is 0 Å². The standard InChI is InChI=1S/C24H18F6N6O/c25-23(26,27)14-37-22-35-20(32-13-15-3-1-4-17(11-15)16-7-9-31-10-8-16)34-21(36-22)33-19-6-2-5-18(12-19)24(28,29)30/h1-12H,13-14H2,(H2,32,33,34,35,36). The normalized spacial score (nSPS) is 11.7. The van der Waals surface area contributed by atoms with E-state index in [2.05, 4.69) is 35.3 Å². The van der Waals surface area contributed by atoms with E-state index in [1.54, 1.807) is 12.4 Å². The molecule has 0 aliphatic heterocycles. The van der Waals surface area contributed by atoms with Crippen LogP contribution in [0, 0.1) is 0 Å². The lowest BCUT2D eigenvalue weighted by molar-refractivity contribution is -0.154. The molecule has 0 radical (unpaired) electrons. The highest BCUT2D eigenvalue weighted by Crippen LogP contribution is 2.31. The number of alkyl halides is 6. The first-order valence-corrected chi connectivity index (χ1v) is 10.7. The highest BCUT2D eigenvalue weighted by Gasteiger charge is 2.31. The predicted octanol–water partition coefficient (Wildman–Crippen LogP) is 6.25. The predicted molar refractivity (Wildman–Crippen MR) is 123 cm³/mol. The summed E-state index contributed by atoms with van der Waals surface area (Å²) in [5, 5.41) is 5.44. The Kier molecular flexibility index (Phi) is 7.41. The lowest BCUT2D eigenvalue weighted by atomic mass is 10.0. The molecule has 37 heavy (non-hydrogen) atoms. The van der Waals surface area contributed by atoms with Gasteiger partial charge >= 0.3 is 18.4 Å². The van der Waals surface area contributed by atoms with Gasteiger partial charge in [0.15, 0.2) is 6.61 Å². The van der Waals surface area contributed by atoms with Crippen LogP contribution in [0.15, 0.2) is 73.1 Å². The van der Waals surface area contributed by atoms with E-state index in [4.69, 9.17) is 0 Å². The Morgan fingerprint density at radius 1 is 0.757 bits per heavy atom. The molecular formula is C24H18F6N6O. The van der Waals surface area contributed by atoms with Crippen molar-refractivity contribution in [1.29, 1.82) is 0 Å². The maximum Gasteiger partial charge on any atom is 0.422 e. The third-order valence-electron chi connectivity index (χ3n) is 4.82. The number of nitrogens with one attached hydrogen (secondary N) is 2. The molecule has 192 valence electrons. The molecular weight excluding hydrogens is 502 g/mol. The Morgan fingerprint density at radius 2 is 1.49 bits per heavy atom. The summed E-state index contributed by atoms with van der Waals surface area (Å²) >= 11 is 0. The molecule has 0 aliphatic rings.